The van der Waals surface area contributed by atoms with E-state index in [0.29, 0.717) is 17.2 Å². The second-order valence-electron chi connectivity index (χ2n) is 7.01. The van der Waals surface area contributed by atoms with E-state index in [0.717, 1.165) is 30.8 Å². The molecule has 2 aliphatic heterocycles. The summed E-state index contributed by atoms with van der Waals surface area (Å²) in [5, 5.41) is 0. The van der Waals surface area contributed by atoms with Crippen molar-refractivity contribution >= 4 is 0 Å². The number of hydrogen-bond acceptors (Lipinski definition) is 3. The lowest BCUT2D eigenvalue weighted by atomic mass is 9.87. The number of nitrogens with zero attached hydrogens (tertiary/aromatic N) is 2. The van der Waals surface area contributed by atoms with Crippen molar-refractivity contribution in [2.24, 2.45) is 5.92 Å². The van der Waals surface area contributed by atoms with Crippen molar-refractivity contribution in [2.75, 3.05) is 19.6 Å². The zero-order valence-corrected chi connectivity index (χ0v) is 14.0. The maximum atomic E-state index is 14.1. The predicted molar refractivity (Wildman–Crippen MR) is 92.6 cm³/mol. The van der Waals surface area contributed by atoms with Gasteiger partial charge < -0.3 is 9.64 Å². The zero-order valence-electron chi connectivity index (χ0n) is 14.0. The molecule has 2 aliphatic rings. The van der Waals surface area contributed by atoms with Crippen molar-refractivity contribution in [3.8, 4) is 17.0 Å². The van der Waals surface area contributed by atoms with Crippen LogP contribution < -0.4 is 4.74 Å². The minimum Gasteiger partial charge on any atom is -0.488 e. The minimum absolute atomic E-state index is 0.231. The summed E-state index contributed by atoms with van der Waals surface area (Å²) in [7, 11) is 0. The fourth-order valence-corrected chi connectivity index (χ4v) is 3.91. The van der Waals surface area contributed by atoms with Crippen LogP contribution in [0.5, 0.6) is 5.75 Å². The molecule has 24 heavy (non-hydrogen) atoms. The summed E-state index contributed by atoms with van der Waals surface area (Å²) in [5.74, 6) is 1.18. The molecule has 4 rings (SSSR count). The van der Waals surface area contributed by atoms with E-state index in [1.165, 1.54) is 25.5 Å². The van der Waals surface area contributed by atoms with Gasteiger partial charge in [0.05, 0.1) is 11.9 Å². The quantitative estimate of drug-likeness (QED) is 0.850. The molecule has 0 aliphatic carbocycles. The lowest BCUT2D eigenvalue weighted by molar-refractivity contribution is 0.0150. The van der Waals surface area contributed by atoms with Gasteiger partial charge in [-0.2, -0.15) is 0 Å². The average Bonchev–Trinajstić information content (AvgIpc) is 2.59. The molecule has 3 atom stereocenters. The number of pyridine rings is 1. The molecule has 126 valence electrons. The fourth-order valence-electron chi connectivity index (χ4n) is 3.91. The summed E-state index contributed by atoms with van der Waals surface area (Å²) in [6.45, 7) is 5.40. The van der Waals surface area contributed by atoms with Gasteiger partial charge >= 0.3 is 0 Å². The van der Waals surface area contributed by atoms with Crippen LogP contribution in [0.3, 0.4) is 0 Å². The van der Waals surface area contributed by atoms with Crippen LogP contribution in [0.1, 0.15) is 24.8 Å². The number of piperidine rings is 2. The van der Waals surface area contributed by atoms with Crippen LogP contribution in [0.25, 0.3) is 11.3 Å². The highest BCUT2D eigenvalue weighted by Gasteiger charge is 2.33. The molecule has 0 saturated carbocycles. The molecule has 3 unspecified atom stereocenters. The topological polar surface area (TPSA) is 25.4 Å². The molecule has 1 aromatic carbocycles. The summed E-state index contributed by atoms with van der Waals surface area (Å²) in [6, 6.07) is 8.99. The number of benzene rings is 1. The van der Waals surface area contributed by atoms with Gasteiger partial charge in [0.1, 0.15) is 17.7 Å². The first kappa shape index (κ1) is 15.6. The van der Waals surface area contributed by atoms with E-state index in [2.05, 4.69) is 9.88 Å². The Labute approximate surface area is 142 Å². The molecule has 2 bridgehead atoms. The molecule has 1 aromatic heterocycles. The van der Waals surface area contributed by atoms with Crippen LogP contribution >= 0.6 is 0 Å². The Balaban J connectivity index is 1.47. The summed E-state index contributed by atoms with van der Waals surface area (Å²) >= 11 is 0. The van der Waals surface area contributed by atoms with Crippen LogP contribution in [0.2, 0.25) is 0 Å². The summed E-state index contributed by atoms with van der Waals surface area (Å²) in [4.78, 5) is 6.95. The molecular formula is C20H23FN2O. The van der Waals surface area contributed by atoms with E-state index in [1.807, 2.05) is 25.1 Å². The van der Waals surface area contributed by atoms with Crippen molar-refractivity contribution in [1.29, 1.82) is 0 Å². The van der Waals surface area contributed by atoms with Gasteiger partial charge in [-0.25, -0.2) is 4.39 Å². The Morgan fingerprint density at radius 1 is 1.17 bits per heavy atom. The van der Waals surface area contributed by atoms with Crippen molar-refractivity contribution in [3.05, 3.63) is 47.9 Å². The minimum atomic E-state index is -0.231. The summed E-state index contributed by atoms with van der Waals surface area (Å²) in [6.07, 6.45) is 5.61. The van der Waals surface area contributed by atoms with E-state index >= 15 is 0 Å². The van der Waals surface area contributed by atoms with Crippen LogP contribution in [-0.4, -0.2) is 35.6 Å². The Bertz CT molecular complexity index is 716. The average molecular weight is 326 g/mol. The fraction of sp³-hybridized carbons (Fsp3) is 0.450. The predicted octanol–water partition coefficient (Wildman–Crippen LogP) is 4.06. The third-order valence-corrected chi connectivity index (χ3v) is 5.22. The van der Waals surface area contributed by atoms with Crippen LogP contribution in [0, 0.1) is 18.7 Å². The van der Waals surface area contributed by atoms with Gasteiger partial charge in [0.2, 0.25) is 0 Å². The second kappa shape index (κ2) is 6.52. The van der Waals surface area contributed by atoms with E-state index in [9.17, 15) is 4.39 Å². The summed E-state index contributed by atoms with van der Waals surface area (Å²) in [5.41, 5.74) is 2.09. The molecule has 3 nitrogen and oxygen atoms in total. The lowest BCUT2D eigenvalue weighted by Gasteiger charge is -2.42. The third kappa shape index (κ3) is 3.16. The van der Waals surface area contributed by atoms with Crippen LogP contribution in [0.4, 0.5) is 4.39 Å². The van der Waals surface area contributed by atoms with Crippen LogP contribution in [-0.2, 0) is 0 Å². The number of aromatic nitrogens is 1. The van der Waals surface area contributed by atoms with Gasteiger partial charge in [-0.15, -0.1) is 0 Å². The van der Waals surface area contributed by atoms with Gasteiger partial charge in [0, 0.05) is 24.6 Å². The molecule has 0 spiro atoms. The first-order valence-electron chi connectivity index (χ1n) is 8.80. The largest absolute Gasteiger partial charge is 0.488 e. The van der Waals surface area contributed by atoms with Crippen molar-refractivity contribution in [3.63, 3.8) is 0 Å². The van der Waals surface area contributed by atoms with Gasteiger partial charge in [-0.3, -0.25) is 4.98 Å². The Morgan fingerprint density at radius 3 is 2.88 bits per heavy atom. The van der Waals surface area contributed by atoms with E-state index in [4.69, 9.17) is 4.74 Å². The van der Waals surface area contributed by atoms with E-state index in [-0.39, 0.29) is 11.9 Å². The van der Waals surface area contributed by atoms with E-state index in [1.54, 1.807) is 12.3 Å². The Hall–Kier alpha value is -1.94. The van der Waals surface area contributed by atoms with Gasteiger partial charge in [-0.05, 0) is 62.6 Å². The molecular weight excluding hydrogens is 303 g/mol. The van der Waals surface area contributed by atoms with E-state index < -0.39 is 0 Å². The van der Waals surface area contributed by atoms with Crippen molar-refractivity contribution in [1.82, 2.24) is 9.88 Å². The first-order chi connectivity index (χ1) is 11.7. The highest BCUT2D eigenvalue weighted by molar-refractivity contribution is 5.60. The van der Waals surface area contributed by atoms with Crippen LogP contribution in [0.15, 0.2) is 36.5 Å². The smallest absolute Gasteiger partial charge is 0.138 e. The number of rotatable bonds is 3. The van der Waals surface area contributed by atoms with Gasteiger partial charge in [-0.1, -0.05) is 6.07 Å². The molecule has 2 aromatic rings. The number of ether oxygens (including phenoxy) is 1. The molecule has 0 radical (unpaired) electrons. The highest BCUT2D eigenvalue weighted by Crippen LogP contribution is 2.30. The second-order valence-corrected chi connectivity index (χ2v) is 7.01. The standard InChI is InChI=1S/C20H23FN2O/c1-14-4-6-17(18(21)11-14)19-7-5-16(12-22-19)24-20-8-10-23-9-2-3-15(20)13-23/h4-7,11-12,15,20H,2-3,8-10,13H2,1H3. The molecule has 0 amide bonds. The molecule has 0 N–H and O–H groups in total. The van der Waals surface area contributed by atoms with Crippen molar-refractivity contribution < 1.29 is 9.13 Å². The Morgan fingerprint density at radius 2 is 2.08 bits per heavy atom. The van der Waals surface area contributed by atoms with Gasteiger partial charge in [0.15, 0.2) is 0 Å². The lowest BCUT2D eigenvalue weighted by Crippen LogP contribution is -2.48. The Kier molecular flexibility index (Phi) is 4.23. The number of aryl methyl sites for hydroxylation is 1. The zero-order chi connectivity index (χ0) is 16.5. The maximum Gasteiger partial charge on any atom is 0.138 e. The molecule has 2 saturated heterocycles. The molecule has 4 heteroatoms. The normalized spacial score (nSPS) is 26.2. The monoisotopic (exact) mass is 326 g/mol. The number of fused-ring (bicyclic) bond motifs is 2. The number of hydrogen-bond donors (Lipinski definition) is 0. The molecule has 2 fully saturated rings. The first-order valence-corrected chi connectivity index (χ1v) is 8.80. The summed E-state index contributed by atoms with van der Waals surface area (Å²) < 4.78 is 20.3. The SMILES string of the molecule is Cc1ccc(-c2ccc(OC3CCN4CCCC3C4)cn2)c(F)c1. The maximum absolute atomic E-state index is 14.1. The molecule has 3 heterocycles. The van der Waals surface area contributed by atoms with Crippen molar-refractivity contribution in [2.45, 2.75) is 32.3 Å². The highest BCUT2D eigenvalue weighted by atomic mass is 19.1. The third-order valence-electron chi connectivity index (χ3n) is 5.22. The number of halogens is 1. The van der Waals surface area contributed by atoms with Gasteiger partial charge in [0.25, 0.3) is 0 Å².